The molecule has 1 fully saturated rings. The van der Waals surface area contributed by atoms with Crippen LogP contribution < -0.4 is 0 Å². The third kappa shape index (κ3) is 1.65. The van der Waals surface area contributed by atoms with Crippen LogP contribution in [0.2, 0.25) is 0 Å². The lowest BCUT2D eigenvalue weighted by Gasteiger charge is -2.21. The minimum atomic E-state index is 0.114. The van der Waals surface area contributed by atoms with Gasteiger partial charge < -0.3 is 4.90 Å². The summed E-state index contributed by atoms with van der Waals surface area (Å²) in [6.45, 7) is 4.82. The van der Waals surface area contributed by atoms with Crippen LogP contribution in [0.25, 0.3) is 0 Å². The van der Waals surface area contributed by atoms with E-state index in [1.165, 1.54) is 0 Å². The smallest absolute Gasteiger partial charge is 0.254 e. The van der Waals surface area contributed by atoms with Crippen LogP contribution >= 0.6 is 0 Å². The number of hydrogen-bond acceptors (Lipinski definition) is 1. The van der Waals surface area contributed by atoms with Gasteiger partial charge in [0, 0.05) is 18.2 Å². The van der Waals surface area contributed by atoms with E-state index >= 15 is 0 Å². The highest BCUT2D eigenvalue weighted by Crippen LogP contribution is 2.18. The van der Waals surface area contributed by atoms with Gasteiger partial charge in [-0.3, -0.25) is 4.79 Å². The minimum absolute atomic E-state index is 0.114. The summed E-state index contributed by atoms with van der Waals surface area (Å²) in [5, 5.41) is 0. The molecule has 73 valence electrons. The van der Waals surface area contributed by atoms with Crippen LogP contribution in [-0.4, -0.2) is 23.4 Å². The first-order chi connectivity index (χ1) is 6.79. The van der Waals surface area contributed by atoms with Gasteiger partial charge >= 0.3 is 0 Å². The van der Waals surface area contributed by atoms with E-state index in [1.54, 1.807) is 0 Å². The summed E-state index contributed by atoms with van der Waals surface area (Å²) in [7, 11) is 0. The lowest BCUT2D eigenvalue weighted by atomic mass is 10.2. The average Bonchev–Trinajstić information content (AvgIpc) is 2.65. The van der Waals surface area contributed by atoms with Crippen molar-refractivity contribution in [1.82, 2.24) is 4.90 Å². The van der Waals surface area contributed by atoms with E-state index in [1.807, 2.05) is 35.2 Å². The fourth-order valence-corrected chi connectivity index (χ4v) is 1.85. The van der Waals surface area contributed by atoms with Gasteiger partial charge in [-0.05, 0) is 31.9 Å². The SMILES string of the molecule is [CH2][C@H]1CCCN1C(=O)c1ccccc1. The Kier molecular flexibility index (Phi) is 2.53. The van der Waals surface area contributed by atoms with Crippen molar-refractivity contribution in [1.29, 1.82) is 0 Å². The Hall–Kier alpha value is -1.31. The van der Waals surface area contributed by atoms with Gasteiger partial charge in [0.1, 0.15) is 0 Å². The first-order valence-electron chi connectivity index (χ1n) is 4.98. The normalized spacial score (nSPS) is 21.2. The number of carbonyl (C=O) groups excluding carboxylic acids is 1. The second-order valence-electron chi connectivity index (χ2n) is 3.66. The number of rotatable bonds is 1. The molecule has 0 N–H and O–H groups in total. The highest BCUT2D eigenvalue weighted by Gasteiger charge is 2.25. The van der Waals surface area contributed by atoms with Crippen LogP contribution in [0.5, 0.6) is 0 Å². The van der Waals surface area contributed by atoms with Gasteiger partial charge in [-0.25, -0.2) is 0 Å². The standard InChI is InChI=1S/C12H14NO/c1-10-6-5-9-13(10)12(14)11-7-3-2-4-8-11/h2-4,7-8,10H,1,5-6,9H2/t10-/m0/s1. The van der Waals surface area contributed by atoms with E-state index < -0.39 is 0 Å². The molecule has 2 rings (SSSR count). The van der Waals surface area contributed by atoms with Crippen LogP contribution in [0.1, 0.15) is 23.2 Å². The number of benzene rings is 1. The highest BCUT2D eigenvalue weighted by atomic mass is 16.2. The Balaban J connectivity index is 2.16. The van der Waals surface area contributed by atoms with Gasteiger partial charge in [0.15, 0.2) is 0 Å². The molecule has 1 aromatic rings. The molecular weight excluding hydrogens is 174 g/mol. The summed E-state index contributed by atoms with van der Waals surface area (Å²) >= 11 is 0. The van der Waals surface area contributed by atoms with Crippen molar-refractivity contribution >= 4 is 5.91 Å². The van der Waals surface area contributed by atoms with Gasteiger partial charge in [0.2, 0.25) is 0 Å². The molecule has 14 heavy (non-hydrogen) atoms. The maximum atomic E-state index is 11.9. The predicted octanol–water partition coefficient (Wildman–Crippen LogP) is 2.13. The Morgan fingerprint density at radius 1 is 1.36 bits per heavy atom. The minimum Gasteiger partial charge on any atom is -0.336 e. The molecular formula is C12H14NO. The fourth-order valence-electron chi connectivity index (χ4n) is 1.85. The van der Waals surface area contributed by atoms with Crippen LogP contribution in [0.4, 0.5) is 0 Å². The van der Waals surface area contributed by atoms with Crippen molar-refractivity contribution in [3.63, 3.8) is 0 Å². The molecule has 1 atom stereocenters. The quantitative estimate of drug-likeness (QED) is 0.661. The number of amides is 1. The van der Waals surface area contributed by atoms with Gasteiger partial charge in [-0.1, -0.05) is 18.2 Å². The zero-order valence-electron chi connectivity index (χ0n) is 8.15. The molecule has 0 spiro atoms. The third-order valence-corrected chi connectivity index (χ3v) is 2.66. The Bertz CT molecular complexity index is 320. The Labute approximate surface area is 84.5 Å². The van der Waals surface area contributed by atoms with Crippen LogP contribution in [0, 0.1) is 6.92 Å². The molecule has 0 aromatic heterocycles. The van der Waals surface area contributed by atoms with Crippen molar-refractivity contribution in [3.8, 4) is 0 Å². The lowest BCUT2D eigenvalue weighted by Crippen LogP contribution is -2.33. The average molecular weight is 188 g/mol. The molecule has 0 aliphatic carbocycles. The largest absolute Gasteiger partial charge is 0.336 e. The van der Waals surface area contributed by atoms with Gasteiger partial charge in [0.25, 0.3) is 5.91 Å². The number of hydrogen-bond donors (Lipinski definition) is 0. The van der Waals surface area contributed by atoms with Gasteiger partial charge in [-0.15, -0.1) is 0 Å². The summed E-state index contributed by atoms with van der Waals surface area (Å²) in [5.41, 5.74) is 0.767. The van der Waals surface area contributed by atoms with E-state index in [0.717, 1.165) is 24.9 Å². The molecule has 2 nitrogen and oxygen atoms in total. The van der Waals surface area contributed by atoms with E-state index in [9.17, 15) is 4.79 Å². The lowest BCUT2D eigenvalue weighted by molar-refractivity contribution is 0.0760. The molecule has 1 saturated heterocycles. The molecule has 1 amide bonds. The zero-order chi connectivity index (χ0) is 9.97. The molecule has 0 bridgehead atoms. The number of likely N-dealkylation sites (tertiary alicyclic amines) is 1. The number of carbonyl (C=O) groups is 1. The molecule has 1 radical (unpaired) electrons. The Morgan fingerprint density at radius 2 is 2.07 bits per heavy atom. The summed E-state index contributed by atoms with van der Waals surface area (Å²) in [6, 6.07) is 9.56. The monoisotopic (exact) mass is 188 g/mol. The summed E-state index contributed by atoms with van der Waals surface area (Å²) < 4.78 is 0. The van der Waals surface area contributed by atoms with E-state index in [0.29, 0.717) is 0 Å². The highest BCUT2D eigenvalue weighted by molar-refractivity contribution is 5.94. The molecule has 1 heterocycles. The van der Waals surface area contributed by atoms with E-state index in [2.05, 4.69) is 6.92 Å². The van der Waals surface area contributed by atoms with Crippen LogP contribution in [0.15, 0.2) is 30.3 Å². The zero-order valence-corrected chi connectivity index (χ0v) is 8.15. The molecule has 0 unspecified atom stereocenters. The van der Waals surface area contributed by atoms with Crippen molar-refractivity contribution < 1.29 is 4.79 Å². The molecule has 1 aliphatic heterocycles. The maximum Gasteiger partial charge on any atom is 0.254 e. The van der Waals surface area contributed by atoms with Crippen molar-refractivity contribution in [3.05, 3.63) is 42.8 Å². The molecule has 0 saturated carbocycles. The van der Waals surface area contributed by atoms with Crippen molar-refractivity contribution in [2.75, 3.05) is 6.54 Å². The number of nitrogens with zero attached hydrogens (tertiary/aromatic N) is 1. The van der Waals surface area contributed by atoms with Gasteiger partial charge in [0.05, 0.1) is 0 Å². The topological polar surface area (TPSA) is 20.3 Å². The maximum absolute atomic E-state index is 11.9. The summed E-state index contributed by atoms with van der Waals surface area (Å²) in [5.74, 6) is 0.114. The second-order valence-corrected chi connectivity index (χ2v) is 3.66. The predicted molar refractivity (Wildman–Crippen MR) is 55.9 cm³/mol. The van der Waals surface area contributed by atoms with E-state index in [4.69, 9.17) is 0 Å². The first-order valence-corrected chi connectivity index (χ1v) is 4.98. The second kappa shape index (κ2) is 3.82. The van der Waals surface area contributed by atoms with Crippen molar-refractivity contribution in [2.45, 2.75) is 18.9 Å². The third-order valence-electron chi connectivity index (χ3n) is 2.66. The Morgan fingerprint density at radius 3 is 2.64 bits per heavy atom. The van der Waals surface area contributed by atoms with Gasteiger partial charge in [-0.2, -0.15) is 0 Å². The molecule has 1 aromatic carbocycles. The van der Waals surface area contributed by atoms with Crippen molar-refractivity contribution in [2.24, 2.45) is 0 Å². The van der Waals surface area contributed by atoms with Crippen LogP contribution in [0.3, 0.4) is 0 Å². The summed E-state index contributed by atoms with van der Waals surface area (Å²) in [6.07, 6.45) is 2.10. The van der Waals surface area contributed by atoms with E-state index in [-0.39, 0.29) is 11.9 Å². The first kappa shape index (κ1) is 9.25. The molecule has 2 heteroatoms. The fraction of sp³-hybridized carbons (Fsp3) is 0.333. The van der Waals surface area contributed by atoms with Crippen LogP contribution in [-0.2, 0) is 0 Å². The molecule has 1 aliphatic rings. The summed E-state index contributed by atoms with van der Waals surface area (Å²) in [4.78, 5) is 13.8.